The van der Waals surface area contributed by atoms with Gasteiger partial charge in [0, 0.05) is 24.4 Å². The molecule has 1 aromatic carbocycles. The highest BCUT2D eigenvalue weighted by atomic mass is 16.4. The predicted octanol–water partition coefficient (Wildman–Crippen LogP) is 3.29. The van der Waals surface area contributed by atoms with Crippen molar-refractivity contribution in [3.63, 3.8) is 0 Å². The van der Waals surface area contributed by atoms with Gasteiger partial charge in [-0.3, -0.25) is 4.79 Å². The fourth-order valence-corrected chi connectivity index (χ4v) is 2.01. The number of hydrogen-bond donors (Lipinski definition) is 1. The normalized spacial score (nSPS) is 11.2. The zero-order valence-corrected chi connectivity index (χ0v) is 13.6. The SMILES string of the molecule is CC(C)c1ccc(C(=O)NCCc2nnc(C(C)C)o2)cc1. The number of benzene rings is 1. The lowest BCUT2D eigenvalue weighted by Crippen LogP contribution is -2.25. The van der Waals surface area contributed by atoms with Gasteiger partial charge in [0.1, 0.15) is 0 Å². The Kier molecular flexibility index (Phi) is 5.31. The summed E-state index contributed by atoms with van der Waals surface area (Å²) in [6.45, 7) is 8.74. The first-order chi connectivity index (χ1) is 10.5. The van der Waals surface area contributed by atoms with Crippen LogP contribution in [0, 0.1) is 0 Å². The van der Waals surface area contributed by atoms with Crippen LogP contribution in [0.25, 0.3) is 0 Å². The van der Waals surface area contributed by atoms with E-state index in [2.05, 4.69) is 29.4 Å². The van der Waals surface area contributed by atoms with Gasteiger partial charge >= 0.3 is 0 Å². The Morgan fingerprint density at radius 3 is 2.32 bits per heavy atom. The lowest BCUT2D eigenvalue weighted by molar-refractivity contribution is 0.0953. The van der Waals surface area contributed by atoms with Gasteiger partial charge in [-0.1, -0.05) is 39.8 Å². The van der Waals surface area contributed by atoms with E-state index in [4.69, 9.17) is 4.42 Å². The highest BCUT2D eigenvalue weighted by Gasteiger charge is 2.10. The molecule has 1 aromatic heterocycles. The lowest BCUT2D eigenvalue weighted by atomic mass is 10.0. The minimum absolute atomic E-state index is 0.0843. The third kappa shape index (κ3) is 4.16. The number of nitrogens with one attached hydrogen (secondary N) is 1. The van der Waals surface area contributed by atoms with Crippen molar-refractivity contribution in [3.8, 4) is 0 Å². The molecule has 2 rings (SSSR count). The van der Waals surface area contributed by atoms with E-state index in [1.165, 1.54) is 5.56 Å². The Labute approximate surface area is 131 Å². The van der Waals surface area contributed by atoms with Gasteiger partial charge in [-0.15, -0.1) is 10.2 Å². The minimum atomic E-state index is -0.0843. The third-order valence-electron chi connectivity index (χ3n) is 3.44. The topological polar surface area (TPSA) is 68.0 Å². The van der Waals surface area contributed by atoms with Crippen molar-refractivity contribution in [1.82, 2.24) is 15.5 Å². The quantitative estimate of drug-likeness (QED) is 0.889. The second-order valence-electron chi connectivity index (χ2n) is 5.97. The van der Waals surface area contributed by atoms with Gasteiger partial charge in [-0.05, 0) is 23.6 Å². The van der Waals surface area contributed by atoms with Crippen molar-refractivity contribution in [1.29, 1.82) is 0 Å². The molecule has 1 N–H and O–H groups in total. The molecule has 0 aliphatic carbocycles. The zero-order valence-electron chi connectivity index (χ0n) is 13.6. The van der Waals surface area contributed by atoms with Crippen molar-refractivity contribution in [2.24, 2.45) is 0 Å². The first-order valence-electron chi connectivity index (χ1n) is 7.67. The van der Waals surface area contributed by atoms with E-state index in [0.29, 0.717) is 36.2 Å². The molecule has 118 valence electrons. The minimum Gasteiger partial charge on any atom is -0.425 e. The Morgan fingerprint density at radius 2 is 1.77 bits per heavy atom. The van der Waals surface area contributed by atoms with Gasteiger partial charge < -0.3 is 9.73 Å². The molecule has 0 spiro atoms. The predicted molar refractivity (Wildman–Crippen MR) is 85.0 cm³/mol. The number of hydrogen-bond acceptors (Lipinski definition) is 4. The molecule has 0 radical (unpaired) electrons. The van der Waals surface area contributed by atoms with Gasteiger partial charge in [-0.25, -0.2) is 0 Å². The summed E-state index contributed by atoms with van der Waals surface area (Å²) in [5.74, 6) is 1.78. The highest BCUT2D eigenvalue weighted by molar-refractivity contribution is 5.94. The molecule has 0 bridgehead atoms. The monoisotopic (exact) mass is 301 g/mol. The fourth-order valence-electron chi connectivity index (χ4n) is 2.01. The Morgan fingerprint density at radius 1 is 1.09 bits per heavy atom. The molecule has 0 atom stereocenters. The average Bonchev–Trinajstić information content (AvgIpc) is 2.96. The summed E-state index contributed by atoms with van der Waals surface area (Å²) in [6.07, 6.45) is 0.537. The van der Waals surface area contributed by atoms with Crippen LogP contribution in [0.2, 0.25) is 0 Å². The van der Waals surface area contributed by atoms with Crippen LogP contribution in [-0.4, -0.2) is 22.6 Å². The number of nitrogens with zero attached hydrogens (tertiary/aromatic N) is 2. The first-order valence-corrected chi connectivity index (χ1v) is 7.67. The van der Waals surface area contributed by atoms with Crippen LogP contribution in [0.4, 0.5) is 0 Å². The van der Waals surface area contributed by atoms with Gasteiger partial charge in [0.15, 0.2) is 0 Å². The molecule has 1 amide bonds. The van der Waals surface area contributed by atoms with Crippen LogP contribution in [0.1, 0.15) is 67.2 Å². The maximum absolute atomic E-state index is 12.1. The second-order valence-corrected chi connectivity index (χ2v) is 5.97. The summed E-state index contributed by atoms with van der Waals surface area (Å²) >= 11 is 0. The smallest absolute Gasteiger partial charge is 0.251 e. The molecule has 5 heteroatoms. The van der Waals surface area contributed by atoms with E-state index >= 15 is 0 Å². The van der Waals surface area contributed by atoms with E-state index in [9.17, 15) is 4.79 Å². The maximum Gasteiger partial charge on any atom is 0.251 e. The fraction of sp³-hybridized carbons (Fsp3) is 0.471. The number of rotatable bonds is 6. The molecule has 1 heterocycles. The number of amides is 1. The second kappa shape index (κ2) is 7.20. The van der Waals surface area contributed by atoms with E-state index in [0.717, 1.165) is 0 Å². The lowest BCUT2D eigenvalue weighted by Gasteiger charge is -2.07. The van der Waals surface area contributed by atoms with Crippen molar-refractivity contribution >= 4 is 5.91 Å². The maximum atomic E-state index is 12.1. The summed E-state index contributed by atoms with van der Waals surface area (Å²) in [5, 5.41) is 10.8. The van der Waals surface area contributed by atoms with Gasteiger partial charge in [0.2, 0.25) is 11.8 Å². The average molecular weight is 301 g/mol. The van der Waals surface area contributed by atoms with Crippen molar-refractivity contribution in [2.45, 2.75) is 46.0 Å². The number of aromatic nitrogens is 2. The summed E-state index contributed by atoms with van der Waals surface area (Å²) in [6, 6.07) is 7.70. The largest absolute Gasteiger partial charge is 0.425 e. The van der Waals surface area contributed by atoms with E-state index < -0.39 is 0 Å². The molecule has 0 saturated heterocycles. The molecule has 0 aliphatic heterocycles. The summed E-state index contributed by atoms with van der Waals surface area (Å²) in [7, 11) is 0. The summed E-state index contributed by atoms with van der Waals surface area (Å²) in [4.78, 5) is 12.1. The highest BCUT2D eigenvalue weighted by Crippen LogP contribution is 2.15. The van der Waals surface area contributed by atoms with Crippen LogP contribution < -0.4 is 5.32 Å². The molecule has 0 saturated carbocycles. The number of carbonyl (C=O) groups is 1. The Balaban J connectivity index is 1.84. The van der Waals surface area contributed by atoms with Crippen molar-refractivity contribution in [3.05, 3.63) is 47.2 Å². The summed E-state index contributed by atoms with van der Waals surface area (Å²) in [5.41, 5.74) is 1.89. The van der Waals surface area contributed by atoms with Gasteiger partial charge in [0.05, 0.1) is 0 Å². The first kappa shape index (κ1) is 16.2. The summed E-state index contributed by atoms with van der Waals surface area (Å²) < 4.78 is 5.50. The molecular formula is C17H23N3O2. The molecule has 2 aromatic rings. The van der Waals surface area contributed by atoms with E-state index in [1.807, 2.05) is 38.1 Å². The standard InChI is InChI=1S/C17H23N3O2/c1-11(2)13-5-7-14(8-6-13)16(21)18-10-9-15-19-20-17(22-15)12(3)4/h5-8,11-12H,9-10H2,1-4H3,(H,18,21). The van der Waals surface area contributed by atoms with Gasteiger partial charge in [-0.2, -0.15) is 0 Å². The molecule has 22 heavy (non-hydrogen) atoms. The van der Waals surface area contributed by atoms with Crippen LogP contribution in [-0.2, 0) is 6.42 Å². The third-order valence-corrected chi connectivity index (χ3v) is 3.44. The van der Waals surface area contributed by atoms with Gasteiger partial charge in [0.25, 0.3) is 5.91 Å². The zero-order chi connectivity index (χ0) is 16.1. The molecule has 5 nitrogen and oxygen atoms in total. The van der Waals surface area contributed by atoms with Crippen LogP contribution in [0.5, 0.6) is 0 Å². The van der Waals surface area contributed by atoms with Crippen LogP contribution >= 0.6 is 0 Å². The van der Waals surface area contributed by atoms with E-state index in [1.54, 1.807) is 0 Å². The molecule has 0 aliphatic rings. The Hall–Kier alpha value is -2.17. The molecular weight excluding hydrogens is 278 g/mol. The molecule has 0 fully saturated rings. The Bertz CT molecular complexity index is 615. The van der Waals surface area contributed by atoms with Crippen molar-refractivity contribution < 1.29 is 9.21 Å². The van der Waals surface area contributed by atoms with Crippen LogP contribution in [0.15, 0.2) is 28.7 Å². The number of carbonyl (C=O) groups excluding carboxylic acids is 1. The van der Waals surface area contributed by atoms with E-state index in [-0.39, 0.29) is 11.8 Å². The molecule has 0 unspecified atom stereocenters. The van der Waals surface area contributed by atoms with Crippen LogP contribution in [0.3, 0.4) is 0 Å². The van der Waals surface area contributed by atoms with Crippen molar-refractivity contribution in [2.75, 3.05) is 6.54 Å².